The van der Waals surface area contributed by atoms with Crippen molar-refractivity contribution in [1.29, 1.82) is 0 Å². The van der Waals surface area contributed by atoms with E-state index in [0.717, 1.165) is 54.4 Å². The monoisotopic (exact) mass is 431 g/mol. The number of nitrogens with one attached hydrogen (secondary N) is 2. The van der Waals surface area contributed by atoms with E-state index < -0.39 is 0 Å². The van der Waals surface area contributed by atoms with Gasteiger partial charge in [0.2, 0.25) is 0 Å². The van der Waals surface area contributed by atoms with E-state index >= 15 is 0 Å². The minimum atomic E-state index is -0.354. The molecular formula is C25H29N5O2. The van der Waals surface area contributed by atoms with E-state index in [9.17, 15) is 9.59 Å². The lowest BCUT2D eigenvalue weighted by molar-refractivity contribution is 0.102. The number of nitrogens with zero attached hydrogens (tertiary/aromatic N) is 3. The number of benzene rings is 1. The summed E-state index contributed by atoms with van der Waals surface area (Å²) in [4.78, 5) is 39.3. The summed E-state index contributed by atoms with van der Waals surface area (Å²) in [7, 11) is 0. The topological polar surface area (TPSA) is 91.0 Å². The van der Waals surface area contributed by atoms with Crippen LogP contribution in [0, 0.1) is 0 Å². The van der Waals surface area contributed by atoms with Crippen LogP contribution in [0.3, 0.4) is 0 Å². The van der Waals surface area contributed by atoms with E-state index in [4.69, 9.17) is 0 Å². The van der Waals surface area contributed by atoms with Crippen molar-refractivity contribution in [3.05, 3.63) is 70.0 Å². The first-order valence-electron chi connectivity index (χ1n) is 11.3. The molecule has 0 saturated carbocycles. The molecule has 2 N–H and O–H groups in total. The molecule has 0 aliphatic carbocycles. The third-order valence-electron chi connectivity index (χ3n) is 5.80. The summed E-state index contributed by atoms with van der Waals surface area (Å²) in [6, 6.07) is 11.1. The van der Waals surface area contributed by atoms with Gasteiger partial charge in [0.15, 0.2) is 0 Å². The lowest BCUT2D eigenvalue weighted by Crippen LogP contribution is -2.29. The van der Waals surface area contributed by atoms with Gasteiger partial charge in [-0.15, -0.1) is 0 Å². The van der Waals surface area contributed by atoms with Crippen LogP contribution in [0.2, 0.25) is 0 Å². The van der Waals surface area contributed by atoms with Gasteiger partial charge in [-0.25, -0.2) is 9.97 Å². The molecule has 0 spiro atoms. The molecule has 1 aromatic carbocycles. The van der Waals surface area contributed by atoms with Crippen LogP contribution in [0.15, 0.2) is 47.4 Å². The fraction of sp³-hybridized carbons (Fsp3) is 0.360. The Kier molecular flexibility index (Phi) is 6.63. The van der Waals surface area contributed by atoms with Crippen LogP contribution < -0.4 is 15.8 Å². The number of amides is 1. The van der Waals surface area contributed by atoms with Crippen molar-refractivity contribution in [2.75, 3.05) is 23.3 Å². The molecule has 1 saturated heterocycles. The summed E-state index contributed by atoms with van der Waals surface area (Å²) >= 11 is 0. The molecule has 0 bridgehead atoms. The van der Waals surface area contributed by atoms with Gasteiger partial charge >= 0.3 is 0 Å². The Morgan fingerprint density at radius 1 is 1.03 bits per heavy atom. The van der Waals surface area contributed by atoms with Crippen LogP contribution in [0.25, 0.3) is 11.3 Å². The third kappa shape index (κ3) is 4.88. The molecule has 1 fully saturated rings. The quantitative estimate of drug-likeness (QED) is 0.610. The molecule has 32 heavy (non-hydrogen) atoms. The minimum Gasteiger partial charge on any atom is -0.372 e. The van der Waals surface area contributed by atoms with Gasteiger partial charge in [0, 0.05) is 48.2 Å². The molecule has 3 heterocycles. The summed E-state index contributed by atoms with van der Waals surface area (Å²) in [6.45, 7) is 6.15. The fourth-order valence-corrected chi connectivity index (χ4v) is 3.93. The Morgan fingerprint density at radius 3 is 2.47 bits per heavy atom. The lowest BCUT2D eigenvalue weighted by atomic mass is 10.1. The Hall–Kier alpha value is -3.48. The highest BCUT2D eigenvalue weighted by atomic mass is 16.2. The zero-order chi connectivity index (χ0) is 22.5. The van der Waals surface area contributed by atoms with Gasteiger partial charge in [0.25, 0.3) is 11.5 Å². The van der Waals surface area contributed by atoms with E-state index in [-0.39, 0.29) is 17.2 Å². The molecule has 2 aromatic heterocycles. The number of anilines is 2. The number of aryl methyl sites for hydroxylation is 2. The van der Waals surface area contributed by atoms with Gasteiger partial charge in [-0.2, -0.15) is 0 Å². The van der Waals surface area contributed by atoms with Crippen LogP contribution in [-0.2, 0) is 12.8 Å². The summed E-state index contributed by atoms with van der Waals surface area (Å²) < 4.78 is 0. The maximum absolute atomic E-state index is 12.8. The number of H-pyrrole nitrogens is 1. The van der Waals surface area contributed by atoms with Gasteiger partial charge in [0.1, 0.15) is 11.5 Å². The molecular weight excluding hydrogens is 402 g/mol. The Balaban J connectivity index is 1.54. The predicted octanol–water partition coefficient (Wildman–Crippen LogP) is 4.20. The smallest absolute Gasteiger partial charge is 0.271 e. The number of piperidine rings is 1. The van der Waals surface area contributed by atoms with Crippen LogP contribution >= 0.6 is 0 Å². The maximum atomic E-state index is 12.8. The number of carbonyl (C=O) groups is 1. The van der Waals surface area contributed by atoms with Crippen molar-refractivity contribution in [3.63, 3.8) is 0 Å². The average molecular weight is 432 g/mol. The van der Waals surface area contributed by atoms with Gasteiger partial charge in [0.05, 0.1) is 5.69 Å². The molecule has 166 valence electrons. The van der Waals surface area contributed by atoms with Crippen LogP contribution in [-0.4, -0.2) is 33.9 Å². The van der Waals surface area contributed by atoms with Crippen molar-refractivity contribution in [2.24, 2.45) is 0 Å². The Labute approximate surface area is 187 Å². The van der Waals surface area contributed by atoms with E-state index in [2.05, 4.69) is 25.2 Å². The molecule has 0 unspecified atom stereocenters. The first-order valence-corrected chi connectivity index (χ1v) is 11.3. The number of pyridine rings is 1. The zero-order valence-corrected chi connectivity index (χ0v) is 18.6. The average Bonchev–Trinajstić information content (AvgIpc) is 2.85. The first kappa shape index (κ1) is 21.7. The molecule has 7 nitrogen and oxygen atoms in total. The second-order valence-corrected chi connectivity index (χ2v) is 8.05. The van der Waals surface area contributed by atoms with Gasteiger partial charge in [-0.3, -0.25) is 9.59 Å². The predicted molar refractivity (Wildman–Crippen MR) is 127 cm³/mol. The second kappa shape index (κ2) is 9.77. The fourth-order valence-electron chi connectivity index (χ4n) is 3.93. The largest absolute Gasteiger partial charge is 0.372 e. The highest BCUT2D eigenvalue weighted by Crippen LogP contribution is 2.22. The van der Waals surface area contributed by atoms with E-state index in [1.54, 1.807) is 12.3 Å². The maximum Gasteiger partial charge on any atom is 0.271 e. The molecule has 1 aliphatic rings. The SMILES string of the molecule is CCc1cc(-c2c[nH]c(=O)c(NC(=O)c3ccc(N4CCCCC4)cc3)c2)nc(CC)n1. The highest BCUT2D eigenvalue weighted by Gasteiger charge is 2.14. The summed E-state index contributed by atoms with van der Waals surface area (Å²) in [5, 5.41) is 2.75. The van der Waals surface area contributed by atoms with Crippen molar-refractivity contribution in [1.82, 2.24) is 15.0 Å². The van der Waals surface area contributed by atoms with Crippen molar-refractivity contribution < 1.29 is 4.79 Å². The molecule has 0 radical (unpaired) electrons. The Morgan fingerprint density at radius 2 is 1.78 bits per heavy atom. The van der Waals surface area contributed by atoms with Crippen LogP contribution in [0.4, 0.5) is 11.4 Å². The van der Waals surface area contributed by atoms with E-state index in [1.165, 1.54) is 19.3 Å². The normalized spacial score (nSPS) is 13.8. The standard InChI is InChI=1S/C25H29N5O2/c1-3-19-15-21(28-23(4-2)27-19)18-14-22(25(32)26-16-18)29-24(31)17-8-10-20(11-9-17)30-12-6-5-7-13-30/h8-11,14-16H,3-7,12-13H2,1-2H3,(H,26,32)(H,29,31). The highest BCUT2D eigenvalue weighted by molar-refractivity contribution is 6.04. The van der Waals surface area contributed by atoms with Crippen molar-refractivity contribution in [2.45, 2.75) is 46.0 Å². The zero-order valence-electron chi connectivity index (χ0n) is 18.6. The number of hydrogen-bond acceptors (Lipinski definition) is 5. The third-order valence-corrected chi connectivity index (χ3v) is 5.80. The molecule has 4 rings (SSSR count). The number of aromatic nitrogens is 3. The molecule has 3 aromatic rings. The Bertz CT molecular complexity index is 1130. The van der Waals surface area contributed by atoms with Crippen molar-refractivity contribution in [3.8, 4) is 11.3 Å². The molecule has 1 amide bonds. The van der Waals surface area contributed by atoms with E-state index in [0.29, 0.717) is 5.56 Å². The number of carbonyl (C=O) groups excluding carboxylic acids is 1. The van der Waals surface area contributed by atoms with E-state index in [1.807, 2.05) is 44.2 Å². The van der Waals surface area contributed by atoms with Crippen LogP contribution in [0.5, 0.6) is 0 Å². The van der Waals surface area contributed by atoms with Gasteiger partial charge < -0.3 is 15.2 Å². The minimum absolute atomic E-state index is 0.197. The van der Waals surface area contributed by atoms with Crippen LogP contribution in [0.1, 0.15) is 55.0 Å². The number of rotatable bonds is 6. The lowest BCUT2D eigenvalue weighted by Gasteiger charge is -2.28. The number of hydrogen-bond donors (Lipinski definition) is 2. The van der Waals surface area contributed by atoms with Gasteiger partial charge in [-0.1, -0.05) is 13.8 Å². The molecule has 1 aliphatic heterocycles. The molecule has 7 heteroatoms. The summed E-state index contributed by atoms with van der Waals surface area (Å²) in [5.74, 6) is 0.439. The second-order valence-electron chi connectivity index (χ2n) is 8.05. The summed E-state index contributed by atoms with van der Waals surface area (Å²) in [5.41, 5.74) is 3.88. The first-order chi connectivity index (χ1) is 15.6. The number of aromatic amines is 1. The summed E-state index contributed by atoms with van der Waals surface area (Å²) in [6.07, 6.45) is 6.82. The van der Waals surface area contributed by atoms with Crippen molar-refractivity contribution >= 4 is 17.3 Å². The molecule has 0 atom stereocenters. The van der Waals surface area contributed by atoms with Gasteiger partial charge in [-0.05, 0) is 62.1 Å².